The summed E-state index contributed by atoms with van der Waals surface area (Å²) in [5, 5.41) is 14.2. The summed E-state index contributed by atoms with van der Waals surface area (Å²) in [4.78, 5) is 0. The summed E-state index contributed by atoms with van der Waals surface area (Å²) in [6.07, 6.45) is 2.03. The zero-order valence-electron chi connectivity index (χ0n) is 12.8. The zero-order valence-corrected chi connectivity index (χ0v) is 13.5. The van der Waals surface area contributed by atoms with Gasteiger partial charge in [-0.3, -0.25) is 0 Å². The predicted molar refractivity (Wildman–Crippen MR) is 94.1 cm³/mol. The van der Waals surface area contributed by atoms with E-state index in [0.29, 0.717) is 5.02 Å². The molecule has 0 saturated heterocycles. The number of benzene rings is 2. The molecule has 0 atom stereocenters. The molecule has 0 fully saturated rings. The molecular weight excluding hydrogens is 320 g/mol. The largest absolute Gasteiger partial charge is 0.192 e. The summed E-state index contributed by atoms with van der Waals surface area (Å²) in [6, 6.07) is 18.1. The van der Waals surface area contributed by atoms with Gasteiger partial charge in [0.05, 0.1) is 5.69 Å². The minimum absolute atomic E-state index is 0.701. The summed E-state index contributed by atoms with van der Waals surface area (Å²) >= 11 is 5.98. The van der Waals surface area contributed by atoms with Gasteiger partial charge in [-0.15, -0.1) is 10.2 Å². The summed E-state index contributed by atoms with van der Waals surface area (Å²) < 4.78 is 1.82. The molecule has 4 nitrogen and oxygen atoms in total. The van der Waals surface area contributed by atoms with Crippen LogP contribution in [0.1, 0.15) is 11.1 Å². The van der Waals surface area contributed by atoms with Gasteiger partial charge >= 0.3 is 0 Å². The van der Waals surface area contributed by atoms with E-state index in [1.165, 1.54) is 16.7 Å². The lowest BCUT2D eigenvalue weighted by Gasteiger charge is -2.18. The van der Waals surface area contributed by atoms with E-state index in [1.807, 2.05) is 28.8 Å². The van der Waals surface area contributed by atoms with Crippen molar-refractivity contribution >= 4 is 17.2 Å². The fourth-order valence-electron chi connectivity index (χ4n) is 3.30. The van der Waals surface area contributed by atoms with Gasteiger partial charge < -0.3 is 0 Å². The van der Waals surface area contributed by atoms with Crippen LogP contribution in [0.2, 0.25) is 5.02 Å². The van der Waals surface area contributed by atoms with E-state index in [4.69, 9.17) is 16.7 Å². The number of hydrogen-bond donors (Lipinski definition) is 0. The summed E-state index contributed by atoms with van der Waals surface area (Å²) in [5.41, 5.74) is 6.53. The smallest absolute Gasteiger partial charge is 0.185 e. The molecule has 0 spiro atoms. The van der Waals surface area contributed by atoms with Crippen LogP contribution in [-0.2, 0) is 12.8 Å². The molecule has 0 saturated carbocycles. The molecule has 5 rings (SSSR count). The number of halogens is 1. The first-order chi connectivity index (χ1) is 11.8. The zero-order chi connectivity index (χ0) is 16.1. The SMILES string of the molecule is Clc1ccc(-c2nnc3cc4c(nn23)-c2ccccc2CC4)cc1. The van der Waals surface area contributed by atoms with E-state index in [9.17, 15) is 0 Å². The Hall–Kier alpha value is -2.72. The number of hydrogen-bond acceptors (Lipinski definition) is 3. The molecule has 1 aliphatic carbocycles. The quantitative estimate of drug-likeness (QED) is 0.524. The highest BCUT2D eigenvalue weighted by Gasteiger charge is 2.20. The van der Waals surface area contributed by atoms with Gasteiger partial charge in [0.15, 0.2) is 11.5 Å². The van der Waals surface area contributed by atoms with E-state index >= 15 is 0 Å². The molecule has 5 heteroatoms. The van der Waals surface area contributed by atoms with Crippen molar-refractivity contribution in [1.82, 2.24) is 19.8 Å². The van der Waals surface area contributed by atoms with Crippen LogP contribution in [0.4, 0.5) is 0 Å². The summed E-state index contributed by atoms with van der Waals surface area (Å²) in [5.74, 6) is 0.729. The van der Waals surface area contributed by atoms with E-state index in [2.05, 4.69) is 40.5 Å². The topological polar surface area (TPSA) is 43.1 Å². The molecule has 0 bridgehead atoms. The Labute approximate surface area is 143 Å². The van der Waals surface area contributed by atoms with Crippen LogP contribution < -0.4 is 0 Å². The molecule has 4 aromatic rings. The number of rotatable bonds is 1. The second-order valence-corrected chi connectivity index (χ2v) is 6.41. The lowest BCUT2D eigenvalue weighted by Crippen LogP contribution is -2.09. The Bertz CT molecular complexity index is 1070. The molecule has 2 heterocycles. The monoisotopic (exact) mass is 332 g/mol. The van der Waals surface area contributed by atoms with Gasteiger partial charge in [0.1, 0.15) is 0 Å². The highest BCUT2D eigenvalue weighted by atomic mass is 35.5. The van der Waals surface area contributed by atoms with Gasteiger partial charge in [-0.1, -0.05) is 35.9 Å². The minimum Gasteiger partial charge on any atom is -0.192 e. The third-order valence-corrected chi connectivity index (χ3v) is 4.76. The molecule has 2 aromatic carbocycles. The third kappa shape index (κ3) is 2.03. The number of aromatic nitrogens is 4. The second kappa shape index (κ2) is 5.14. The van der Waals surface area contributed by atoms with Crippen molar-refractivity contribution in [3.63, 3.8) is 0 Å². The highest BCUT2D eigenvalue weighted by molar-refractivity contribution is 6.30. The molecule has 0 aliphatic heterocycles. The van der Waals surface area contributed by atoms with Crippen LogP contribution in [-0.4, -0.2) is 19.8 Å². The first-order valence-corrected chi connectivity index (χ1v) is 8.27. The van der Waals surface area contributed by atoms with Gasteiger partial charge in [0.25, 0.3) is 0 Å². The molecule has 1 aliphatic rings. The molecule has 116 valence electrons. The van der Waals surface area contributed by atoms with Crippen molar-refractivity contribution in [2.24, 2.45) is 0 Å². The maximum absolute atomic E-state index is 5.98. The van der Waals surface area contributed by atoms with Crippen molar-refractivity contribution in [3.05, 3.63) is 70.7 Å². The normalized spacial score (nSPS) is 12.9. The van der Waals surface area contributed by atoms with Crippen LogP contribution >= 0.6 is 11.6 Å². The van der Waals surface area contributed by atoms with Gasteiger partial charge in [0, 0.05) is 16.1 Å². The van der Waals surface area contributed by atoms with Crippen molar-refractivity contribution < 1.29 is 0 Å². The van der Waals surface area contributed by atoms with Crippen molar-refractivity contribution in [2.45, 2.75) is 12.8 Å². The number of aryl methyl sites for hydroxylation is 2. The Morgan fingerprint density at radius 2 is 1.67 bits per heavy atom. The average molecular weight is 333 g/mol. The van der Waals surface area contributed by atoms with Gasteiger partial charge in [0.2, 0.25) is 0 Å². The van der Waals surface area contributed by atoms with Crippen LogP contribution in [0.15, 0.2) is 54.6 Å². The van der Waals surface area contributed by atoms with E-state index < -0.39 is 0 Å². The second-order valence-electron chi connectivity index (χ2n) is 5.98. The van der Waals surface area contributed by atoms with E-state index in [1.54, 1.807) is 0 Å². The fraction of sp³-hybridized carbons (Fsp3) is 0.105. The molecule has 2 aromatic heterocycles. The van der Waals surface area contributed by atoms with Crippen molar-refractivity contribution in [3.8, 4) is 22.6 Å². The third-order valence-electron chi connectivity index (χ3n) is 4.51. The lowest BCUT2D eigenvalue weighted by molar-refractivity contribution is 0.872. The average Bonchev–Trinajstić information content (AvgIpc) is 3.03. The van der Waals surface area contributed by atoms with E-state index in [-0.39, 0.29) is 0 Å². The highest BCUT2D eigenvalue weighted by Crippen LogP contribution is 2.32. The first kappa shape index (κ1) is 13.7. The summed E-state index contributed by atoms with van der Waals surface area (Å²) in [7, 11) is 0. The number of fused-ring (bicyclic) bond motifs is 4. The number of nitrogens with zero attached hydrogens (tertiary/aromatic N) is 4. The van der Waals surface area contributed by atoms with Crippen LogP contribution in [0.25, 0.3) is 28.3 Å². The Balaban J connectivity index is 1.75. The predicted octanol–water partition coefficient (Wildman–Crippen LogP) is 4.21. The van der Waals surface area contributed by atoms with Gasteiger partial charge in [-0.05, 0) is 54.3 Å². The van der Waals surface area contributed by atoms with Gasteiger partial charge in [-0.25, -0.2) is 0 Å². The van der Waals surface area contributed by atoms with E-state index in [0.717, 1.165) is 35.6 Å². The Morgan fingerprint density at radius 3 is 2.54 bits per heavy atom. The summed E-state index contributed by atoms with van der Waals surface area (Å²) in [6.45, 7) is 0. The van der Waals surface area contributed by atoms with Crippen molar-refractivity contribution in [2.75, 3.05) is 0 Å². The van der Waals surface area contributed by atoms with Gasteiger partial charge in [-0.2, -0.15) is 9.61 Å². The minimum atomic E-state index is 0.701. The van der Waals surface area contributed by atoms with Crippen LogP contribution in [0.3, 0.4) is 0 Å². The molecule has 0 amide bonds. The maximum atomic E-state index is 5.98. The van der Waals surface area contributed by atoms with Crippen LogP contribution in [0.5, 0.6) is 0 Å². The first-order valence-electron chi connectivity index (χ1n) is 7.89. The molecule has 0 N–H and O–H groups in total. The standard InChI is InChI=1S/C19H13ClN4/c20-15-9-7-13(8-10-15)19-22-21-17-11-14-6-5-12-3-1-2-4-16(12)18(14)23-24(17)19/h1-4,7-11H,5-6H2. The Kier molecular flexibility index (Phi) is 2.94. The molecule has 0 radical (unpaired) electrons. The molecular formula is C19H13ClN4. The van der Waals surface area contributed by atoms with Crippen molar-refractivity contribution in [1.29, 1.82) is 0 Å². The lowest BCUT2D eigenvalue weighted by atomic mass is 9.89. The molecule has 24 heavy (non-hydrogen) atoms. The fourth-order valence-corrected chi connectivity index (χ4v) is 3.43. The van der Waals surface area contributed by atoms with Crippen LogP contribution in [0, 0.1) is 0 Å². The molecule has 0 unspecified atom stereocenters. The maximum Gasteiger partial charge on any atom is 0.185 e. The Morgan fingerprint density at radius 1 is 0.875 bits per heavy atom.